The van der Waals surface area contributed by atoms with E-state index in [1.807, 2.05) is 4.72 Å². The van der Waals surface area contributed by atoms with Crippen LogP contribution in [-0.2, 0) is 16.2 Å². The van der Waals surface area contributed by atoms with Crippen molar-refractivity contribution in [1.29, 1.82) is 0 Å². The van der Waals surface area contributed by atoms with Gasteiger partial charge in [-0.2, -0.15) is 31.6 Å². The largest absolute Gasteiger partial charge is 0.435 e. The van der Waals surface area contributed by atoms with Gasteiger partial charge in [-0.15, -0.1) is 0 Å². The Morgan fingerprint density at radius 2 is 1.89 bits per heavy atom. The van der Waals surface area contributed by atoms with E-state index >= 15 is 0 Å². The molecule has 28 heavy (non-hydrogen) atoms. The van der Waals surface area contributed by atoms with Gasteiger partial charge in [-0.25, -0.2) is 13.4 Å². The number of nitrogens with zero attached hydrogens (tertiary/aromatic N) is 3. The summed E-state index contributed by atoms with van der Waals surface area (Å²) in [5, 5.41) is 3.70. The minimum absolute atomic E-state index is 0.0486. The number of benzene rings is 1. The second kappa shape index (κ2) is 6.89. The van der Waals surface area contributed by atoms with Crippen LogP contribution >= 0.6 is 0 Å². The number of fused-ring (bicyclic) bond motifs is 1. The summed E-state index contributed by atoms with van der Waals surface area (Å²) in [6.07, 6.45) is -3.77. The van der Waals surface area contributed by atoms with Crippen molar-refractivity contribution in [3.63, 3.8) is 0 Å². The Labute approximate surface area is 154 Å². The molecule has 1 aromatic carbocycles. The van der Waals surface area contributed by atoms with Gasteiger partial charge in [0.2, 0.25) is 0 Å². The number of sulfonamides is 1. The molecule has 3 aromatic rings. The summed E-state index contributed by atoms with van der Waals surface area (Å²) in [7, 11) is -4.37. The Hall–Kier alpha value is -2.96. The molecule has 0 radical (unpaired) electrons. The van der Waals surface area contributed by atoms with Crippen LogP contribution in [0.3, 0.4) is 0 Å². The van der Waals surface area contributed by atoms with E-state index in [1.165, 1.54) is 6.92 Å². The van der Waals surface area contributed by atoms with Gasteiger partial charge < -0.3 is 4.74 Å². The van der Waals surface area contributed by atoms with Crippen LogP contribution < -0.4 is 9.46 Å². The molecule has 0 spiro atoms. The number of hydrogen-bond acceptors (Lipinski definition) is 5. The summed E-state index contributed by atoms with van der Waals surface area (Å²) < 4.78 is 96.1. The van der Waals surface area contributed by atoms with E-state index in [1.54, 1.807) is 0 Å². The smallest absolute Gasteiger partial charge is 0.416 e. The van der Waals surface area contributed by atoms with Crippen LogP contribution in [0, 0.1) is 6.92 Å². The van der Waals surface area contributed by atoms with Crippen LogP contribution in [0.1, 0.15) is 11.1 Å². The summed E-state index contributed by atoms with van der Waals surface area (Å²) in [5.41, 5.74) is -1.29. The maximum absolute atomic E-state index is 13.1. The number of ether oxygens (including phenoxy) is 1. The van der Waals surface area contributed by atoms with Gasteiger partial charge in [0.1, 0.15) is 17.9 Å². The van der Waals surface area contributed by atoms with Crippen molar-refractivity contribution in [3.8, 4) is 5.75 Å². The average molecular weight is 422 g/mol. The summed E-state index contributed by atoms with van der Waals surface area (Å²) in [6, 6.07) is 4.36. The minimum atomic E-state index is -4.74. The quantitative estimate of drug-likeness (QED) is 0.637. The fraction of sp³-hybridized carbons (Fsp3) is 0.200. The Morgan fingerprint density at radius 3 is 2.50 bits per heavy atom. The monoisotopic (exact) mass is 422 g/mol. The van der Waals surface area contributed by atoms with Crippen molar-refractivity contribution in [2.24, 2.45) is 0 Å². The molecule has 1 N–H and O–H groups in total. The Bertz CT molecular complexity index is 1130. The minimum Gasteiger partial charge on any atom is -0.435 e. The maximum Gasteiger partial charge on any atom is 0.416 e. The van der Waals surface area contributed by atoms with Gasteiger partial charge in [0, 0.05) is 0 Å². The van der Waals surface area contributed by atoms with Crippen LogP contribution in [0.5, 0.6) is 5.75 Å². The fourth-order valence-corrected chi connectivity index (χ4v) is 3.71. The molecule has 0 aliphatic heterocycles. The number of alkyl halides is 5. The average Bonchev–Trinajstić information content (AvgIpc) is 3.01. The van der Waals surface area contributed by atoms with Gasteiger partial charge in [-0.3, -0.25) is 4.72 Å². The Morgan fingerprint density at radius 1 is 1.18 bits per heavy atom. The number of hydrogen-bond donors (Lipinski definition) is 1. The molecule has 0 amide bonds. The van der Waals surface area contributed by atoms with Crippen molar-refractivity contribution in [2.45, 2.75) is 24.6 Å². The summed E-state index contributed by atoms with van der Waals surface area (Å²) in [4.78, 5) is 3.31. The Balaban J connectivity index is 2.02. The highest BCUT2D eigenvalue weighted by molar-refractivity contribution is 7.92. The molecule has 7 nitrogen and oxygen atoms in total. The predicted molar refractivity (Wildman–Crippen MR) is 86.6 cm³/mol. The summed E-state index contributed by atoms with van der Waals surface area (Å²) in [6.45, 7) is -1.77. The van der Waals surface area contributed by atoms with Crippen molar-refractivity contribution < 1.29 is 35.1 Å². The van der Waals surface area contributed by atoms with E-state index in [0.29, 0.717) is 12.1 Å². The lowest BCUT2D eigenvalue weighted by molar-refractivity contribution is -0.137. The summed E-state index contributed by atoms with van der Waals surface area (Å²) >= 11 is 0. The molecular weight excluding hydrogens is 411 g/mol. The van der Waals surface area contributed by atoms with E-state index in [4.69, 9.17) is 0 Å². The third-order valence-electron chi connectivity index (χ3n) is 3.61. The molecule has 0 unspecified atom stereocenters. The predicted octanol–water partition coefficient (Wildman–Crippen LogP) is 3.46. The lowest BCUT2D eigenvalue weighted by atomic mass is 10.2. The number of anilines is 1. The molecule has 0 aliphatic carbocycles. The number of rotatable bonds is 5. The normalized spacial score (nSPS) is 12.5. The lowest BCUT2D eigenvalue weighted by Gasteiger charge is -2.14. The van der Waals surface area contributed by atoms with Crippen LogP contribution in [0.4, 0.5) is 27.8 Å². The van der Waals surface area contributed by atoms with Gasteiger partial charge in [0.15, 0.2) is 5.65 Å². The first-order chi connectivity index (χ1) is 13.0. The Kier molecular flexibility index (Phi) is 4.87. The van der Waals surface area contributed by atoms with Gasteiger partial charge in [-0.1, -0.05) is 0 Å². The summed E-state index contributed by atoms with van der Waals surface area (Å²) in [5.74, 6) is -0.751. The van der Waals surface area contributed by atoms with Crippen LogP contribution in [-0.4, -0.2) is 29.6 Å². The lowest BCUT2D eigenvalue weighted by Crippen LogP contribution is -2.18. The highest BCUT2D eigenvalue weighted by atomic mass is 32.2. The topological polar surface area (TPSA) is 85.6 Å². The fourth-order valence-electron chi connectivity index (χ4n) is 2.45. The van der Waals surface area contributed by atoms with E-state index in [-0.39, 0.29) is 21.9 Å². The van der Waals surface area contributed by atoms with Gasteiger partial charge >= 0.3 is 12.8 Å². The molecule has 13 heteroatoms. The molecule has 2 heterocycles. The van der Waals surface area contributed by atoms with Crippen molar-refractivity contribution >= 4 is 21.5 Å². The van der Waals surface area contributed by atoms with E-state index in [2.05, 4.69) is 14.8 Å². The second-order valence-electron chi connectivity index (χ2n) is 5.57. The maximum atomic E-state index is 13.1. The van der Waals surface area contributed by atoms with Crippen molar-refractivity contribution in [2.75, 3.05) is 4.72 Å². The van der Waals surface area contributed by atoms with Gasteiger partial charge in [0.05, 0.1) is 10.5 Å². The third-order valence-corrected chi connectivity index (χ3v) is 5.12. The van der Waals surface area contributed by atoms with E-state index in [0.717, 1.165) is 29.0 Å². The van der Waals surface area contributed by atoms with Crippen LogP contribution in [0.25, 0.3) is 5.65 Å². The third kappa shape index (κ3) is 3.98. The highest BCUT2D eigenvalue weighted by Crippen LogP contribution is 2.32. The standard InChI is InChI=1S/C15H11F5N4O3S/c1-8-4-10(27-14(16)17)2-3-11(8)28(25,26)23-13-6-9(15(18,19)20)5-12-21-7-22-24(12)13/h2-7,14,23H,1H3. The van der Waals surface area contributed by atoms with Crippen LogP contribution in [0.2, 0.25) is 0 Å². The number of pyridine rings is 1. The van der Waals surface area contributed by atoms with Crippen molar-refractivity contribution in [3.05, 3.63) is 47.8 Å². The van der Waals surface area contributed by atoms with E-state index in [9.17, 15) is 30.4 Å². The molecule has 0 saturated carbocycles. The van der Waals surface area contributed by atoms with Crippen LogP contribution in [0.15, 0.2) is 41.6 Å². The highest BCUT2D eigenvalue weighted by Gasteiger charge is 2.32. The SMILES string of the molecule is Cc1cc(OC(F)F)ccc1S(=O)(=O)Nc1cc(C(F)(F)F)cc2ncnn12. The molecule has 0 fully saturated rings. The van der Waals surface area contributed by atoms with Crippen molar-refractivity contribution in [1.82, 2.24) is 14.6 Å². The molecule has 0 bridgehead atoms. The number of aryl methyl sites for hydroxylation is 1. The van der Waals surface area contributed by atoms with E-state index < -0.39 is 34.2 Å². The first-order valence-electron chi connectivity index (χ1n) is 7.46. The first kappa shape index (κ1) is 19.8. The zero-order valence-corrected chi connectivity index (χ0v) is 14.7. The van der Waals surface area contributed by atoms with Gasteiger partial charge in [-0.05, 0) is 42.8 Å². The van der Waals surface area contributed by atoms with Gasteiger partial charge in [0.25, 0.3) is 10.0 Å². The zero-order valence-electron chi connectivity index (χ0n) is 13.9. The molecule has 150 valence electrons. The molecule has 2 aromatic heterocycles. The zero-order chi connectivity index (χ0) is 20.7. The number of nitrogens with one attached hydrogen (secondary N) is 1. The number of aromatic nitrogens is 3. The molecule has 0 atom stereocenters. The number of halogens is 5. The second-order valence-corrected chi connectivity index (χ2v) is 7.22. The molecule has 0 aliphatic rings. The molecular formula is C15H11F5N4O3S. The molecule has 0 saturated heterocycles. The first-order valence-corrected chi connectivity index (χ1v) is 8.95. The molecule has 3 rings (SSSR count).